The number of carbonyl (C=O) groups is 2. The van der Waals surface area contributed by atoms with Crippen LogP contribution in [-0.2, 0) is 26.2 Å². The Morgan fingerprint density at radius 3 is 2.34 bits per heavy atom. The van der Waals surface area contributed by atoms with E-state index in [0.29, 0.717) is 17.1 Å². The van der Waals surface area contributed by atoms with Crippen LogP contribution in [0.25, 0.3) is 0 Å². The van der Waals surface area contributed by atoms with Gasteiger partial charge in [-0.3, -0.25) is 13.9 Å². The fraction of sp³-hybridized carbons (Fsp3) is 0.391. The van der Waals surface area contributed by atoms with Crippen molar-refractivity contribution in [1.82, 2.24) is 10.2 Å². The van der Waals surface area contributed by atoms with Crippen LogP contribution < -0.4 is 9.62 Å². The molecule has 2 aromatic carbocycles. The van der Waals surface area contributed by atoms with Gasteiger partial charge in [0.15, 0.2) is 0 Å². The summed E-state index contributed by atoms with van der Waals surface area (Å²) in [6.07, 6.45) is 1.42. The van der Waals surface area contributed by atoms with Gasteiger partial charge in [-0.05, 0) is 43.5 Å². The van der Waals surface area contributed by atoms with E-state index in [-0.39, 0.29) is 12.5 Å². The summed E-state index contributed by atoms with van der Waals surface area (Å²) in [6.45, 7) is 5.29. The number of hydrogen-bond donors (Lipinski definition) is 1. The maximum atomic E-state index is 13.4. The van der Waals surface area contributed by atoms with Crippen molar-refractivity contribution < 1.29 is 18.0 Å². The van der Waals surface area contributed by atoms with Gasteiger partial charge in [0.2, 0.25) is 21.8 Å². The van der Waals surface area contributed by atoms with E-state index in [1.54, 1.807) is 19.1 Å². The number of nitrogens with one attached hydrogen (secondary N) is 1. The van der Waals surface area contributed by atoms with Gasteiger partial charge in [-0.1, -0.05) is 54.4 Å². The molecule has 2 aromatic rings. The molecule has 0 aromatic heterocycles. The van der Waals surface area contributed by atoms with Crippen molar-refractivity contribution in [1.29, 1.82) is 0 Å². The predicted octanol–water partition coefficient (Wildman–Crippen LogP) is 3.28. The largest absolute Gasteiger partial charge is 0.357 e. The molecule has 32 heavy (non-hydrogen) atoms. The molecule has 2 amide bonds. The lowest BCUT2D eigenvalue weighted by Crippen LogP contribution is -2.51. The first kappa shape index (κ1) is 25.7. The summed E-state index contributed by atoms with van der Waals surface area (Å²) in [5, 5.41) is 3.00. The first-order valence-corrected chi connectivity index (χ1v) is 12.5. The molecule has 1 N–H and O–H groups in total. The molecule has 0 unspecified atom stereocenters. The van der Waals surface area contributed by atoms with Gasteiger partial charge < -0.3 is 10.2 Å². The number of nitrogens with zero attached hydrogens (tertiary/aromatic N) is 2. The number of carbonyl (C=O) groups excluding carboxylic acids is 2. The van der Waals surface area contributed by atoms with Crippen molar-refractivity contribution in [3.63, 3.8) is 0 Å². The summed E-state index contributed by atoms with van der Waals surface area (Å²) < 4.78 is 26.1. The number of amides is 2. The Bertz CT molecular complexity index is 1090. The number of aryl methyl sites for hydroxylation is 2. The Morgan fingerprint density at radius 2 is 1.81 bits per heavy atom. The lowest BCUT2D eigenvalue weighted by atomic mass is 10.1. The van der Waals surface area contributed by atoms with E-state index in [1.165, 1.54) is 18.0 Å². The summed E-state index contributed by atoms with van der Waals surface area (Å²) in [5.41, 5.74) is 2.96. The molecule has 0 saturated heterocycles. The Labute approximate surface area is 195 Å². The molecule has 7 nitrogen and oxygen atoms in total. The number of anilines is 1. The second-order valence-electron chi connectivity index (χ2n) is 7.75. The van der Waals surface area contributed by atoms with Crippen molar-refractivity contribution in [2.45, 2.75) is 39.8 Å². The fourth-order valence-electron chi connectivity index (χ4n) is 3.44. The molecule has 0 aliphatic heterocycles. The topological polar surface area (TPSA) is 86.8 Å². The van der Waals surface area contributed by atoms with Gasteiger partial charge in [-0.25, -0.2) is 8.42 Å². The maximum Gasteiger partial charge on any atom is 0.244 e. The lowest BCUT2D eigenvalue weighted by molar-refractivity contribution is -0.140. The third-order valence-electron chi connectivity index (χ3n) is 5.19. The molecular weight excluding hydrogens is 450 g/mol. The number of likely N-dealkylation sites (N-methyl/N-ethyl adjacent to an activating group) is 1. The molecule has 0 radical (unpaired) electrons. The molecule has 9 heteroatoms. The minimum absolute atomic E-state index is 0.179. The average molecular weight is 480 g/mol. The second kappa shape index (κ2) is 10.8. The highest BCUT2D eigenvalue weighted by Gasteiger charge is 2.31. The molecule has 174 valence electrons. The second-order valence-corrected chi connectivity index (χ2v) is 10.1. The summed E-state index contributed by atoms with van der Waals surface area (Å²) in [4.78, 5) is 27.4. The number of benzene rings is 2. The van der Waals surface area contributed by atoms with E-state index in [1.807, 2.05) is 38.1 Å². The number of rotatable bonds is 9. The normalized spacial score (nSPS) is 12.2. The zero-order chi connectivity index (χ0) is 24.1. The van der Waals surface area contributed by atoms with Gasteiger partial charge in [0.1, 0.15) is 12.6 Å². The molecule has 0 bridgehead atoms. The molecule has 0 spiro atoms. The zero-order valence-corrected chi connectivity index (χ0v) is 20.6. The van der Waals surface area contributed by atoms with Gasteiger partial charge in [0, 0.05) is 18.6 Å². The van der Waals surface area contributed by atoms with Crippen molar-refractivity contribution in [2.24, 2.45) is 0 Å². The van der Waals surface area contributed by atoms with Crippen LogP contribution in [0.15, 0.2) is 42.5 Å². The van der Waals surface area contributed by atoms with Crippen LogP contribution in [0, 0.1) is 13.8 Å². The quantitative estimate of drug-likeness (QED) is 0.598. The first-order valence-electron chi connectivity index (χ1n) is 10.3. The summed E-state index contributed by atoms with van der Waals surface area (Å²) in [7, 11) is -2.28. The van der Waals surface area contributed by atoms with Crippen molar-refractivity contribution in [3.8, 4) is 0 Å². The van der Waals surface area contributed by atoms with Gasteiger partial charge in [0.25, 0.3) is 0 Å². The van der Waals surface area contributed by atoms with Gasteiger partial charge in [-0.2, -0.15) is 0 Å². The minimum Gasteiger partial charge on any atom is -0.357 e. The van der Waals surface area contributed by atoms with Crippen molar-refractivity contribution in [3.05, 3.63) is 64.2 Å². The molecule has 2 rings (SSSR count). The molecule has 0 aliphatic carbocycles. The van der Waals surface area contributed by atoms with E-state index < -0.39 is 28.5 Å². The first-order chi connectivity index (χ1) is 15.0. The highest BCUT2D eigenvalue weighted by atomic mass is 35.5. The van der Waals surface area contributed by atoms with E-state index in [4.69, 9.17) is 11.6 Å². The van der Waals surface area contributed by atoms with Crippen LogP contribution >= 0.6 is 11.6 Å². The van der Waals surface area contributed by atoms with Crippen LogP contribution in [0.4, 0.5) is 5.69 Å². The molecule has 0 aliphatic rings. The van der Waals surface area contributed by atoms with Gasteiger partial charge >= 0.3 is 0 Å². The average Bonchev–Trinajstić information content (AvgIpc) is 2.72. The van der Waals surface area contributed by atoms with Crippen LogP contribution in [0.2, 0.25) is 5.02 Å². The maximum absolute atomic E-state index is 13.4. The third-order valence-corrected chi connectivity index (χ3v) is 6.74. The SMILES string of the molecule is CC[C@H](C(=O)NC)N(Cc1cccc(C)c1)C(=O)CN(c1ccc(C)c(Cl)c1)S(C)(=O)=O. The van der Waals surface area contributed by atoms with Crippen LogP contribution in [0.5, 0.6) is 0 Å². The predicted molar refractivity (Wildman–Crippen MR) is 128 cm³/mol. The summed E-state index contributed by atoms with van der Waals surface area (Å²) in [5.74, 6) is -0.790. The summed E-state index contributed by atoms with van der Waals surface area (Å²) >= 11 is 6.19. The monoisotopic (exact) mass is 479 g/mol. The van der Waals surface area contributed by atoms with E-state index >= 15 is 0 Å². The number of hydrogen-bond acceptors (Lipinski definition) is 4. The van der Waals surface area contributed by atoms with Gasteiger partial charge in [0.05, 0.1) is 11.9 Å². The van der Waals surface area contributed by atoms with Crippen LogP contribution in [0.1, 0.15) is 30.0 Å². The van der Waals surface area contributed by atoms with Crippen molar-refractivity contribution >= 4 is 39.1 Å². The fourth-order valence-corrected chi connectivity index (χ4v) is 4.46. The van der Waals surface area contributed by atoms with Crippen LogP contribution in [-0.4, -0.2) is 51.0 Å². The molecule has 1 atom stereocenters. The third kappa shape index (κ3) is 6.46. The Hall–Kier alpha value is -2.58. The lowest BCUT2D eigenvalue weighted by Gasteiger charge is -2.32. The molecule has 0 saturated carbocycles. The van der Waals surface area contributed by atoms with E-state index in [9.17, 15) is 18.0 Å². The van der Waals surface area contributed by atoms with E-state index in [2.05, 4.69) is 5.32 Å². The summed E-state index contributed by atoms with van der Waals surface area (Å²) in [6, 6.07) is 11.7. The zero-order valence-electron chi connectivity index (χ0n) is 19.1. The van der Waals surface area contributed by atoms with E-state index in [0.717, 1.165) is 27.3 Å². The smallest absolute Gasteiger partial charge is 0.244 e. The Morgan fingerprint density at radius 1 is 1.12 bits per heavy atom. The Kier molecular flexibility index (Phi) is 8.69. The van der Waals surface area contributed by atoms with Crippen LogP contribution in [0.3, 0.4) is 0 Å². The minimum atomic E-state index is -3.79. The molecule has 0 fully saturated rings. The van der Waals surface area contributed by atoms with Crippen molar-refractivity contribution in [2.75, 3.05) is 24.2 Å². The number of sulfonamides is 1. The molecule has 0 heterocycles. The Balaban J connectivity index is 2.45. The molecular formula is C23H30ClN3O4S. The standard InChI is InChI=1S/C23H30ClN3O4S/c1-6-21(23(29)25-4)26(14-18-9-7-8-16(2)12-18)22(28)15-27(32(5,30)31)19-11-10-17(3)20(24)13-19/h7-13,21H,6,14-15H2,1-5H3,(H,25,29)/t21-/m1/s1. The number of halogens is 1. The highest BCUT2D eigenvalue weighted by molar-refractivity contribution is 7.92. The van der Waals surface area contributed by atoms with Gasteiger partial charge in [-0.15, -0.1) is 0 Å². The highest BCUT2D eigenvalue weighted by Crippen LogP contribution is 2.25.